The Morgan fingerprint density at radius 1 is 1.14 bits per heavy atom. The van der Waals surface area contributed by atoms with Crippen molar-refractivity contribution in [2.45, 2.75) is 24.2 Å². The predicted molar refractivity (Wildman–Crippen MR) is 77.5 cm³/mol. The van der Waals surface area contributed by atoms with Crippen LogP contribution in [-0.2, 0) is 10.2 Å². The molecule has 0 N–H and O–H groups in total. The van der Waals surface area contributed by atoms with Crippen LogP contribution in [-0.4, -0.2) is 11.2 Å². The van der Waals surface area contributed by atoms with Gasteiger partial charge >= 0.3 is 0 Å². The van der Waals surface area contributed by atoms with Crippen molar-refractivity contribution >= 4 is 12.0 Å². The second kappa shape index (κ2) is 4.01. The van der Waals surface area contributed by atoms with Crippen molar-refractivity contribution in [2.24, 2.45) is 0 Å². The van der Waals surface area contributed by atoms with Gasteiger partial charge in [0.15, 0.2) is 0 Å². The first kappa shape index (κ1) is 12.3. The van der Waals surface area contributed by atoms with Crippen molar-refractivity contribution in [3.05, 3.63) is 74.8 Å². The van der Waals surface area contributed by atoms with E-state index in [1.807, 2.05) is 24.3 Å². The molecule has 0 fully saturated rings. The first-order chi connectivity index (χ1) is 10.2. The average Bonchev–Trinajstić information content (AvgIpc) is 2.54. The third-order valence-electron chi connectivity index (χ3n) is 4.95. The van der Waals surface area contributed by atoms with E-state index in [0.717, 1.165) is 35.8 Å². The Kier molecular flexibility index (Phi) is 2.34. The van der Waals surface area contributed by atoms with E-state index >= 15 is 0 Å². The maximum atomic E-state index is 12.0. The molecule has 0 amide bonds. The molecule has 2 aromatic carbocycles. The molecule has 0 spiro atoms. The molecule has 2 bridgehead atoms. The summed E-state index contributed by atoms with van der Waals surface area (Å²) in [5.41, 5.74) is 3.44. The van der Waals surface area contributed by atoms with Crippen LogP contribution >= 0.6 is 0 Å². The third kappa shape index (κ3) is 1.42. The van der Waals surface area contributed by atoms with Gasteiger partial charge in [-0.2, -0.15) is 0 Å². The molecule has 2 unspecified atom stereocenters. The third-order valence-corrected chi connectivity index (χ3v) is 4.95. The highest BCUT2D eigenvalue weighted by molar-refractivity contribution is 5.81. The van der Waals surface area contributed by atoms with Crippen LogP contribution in [0.4, 0.5) is 5.69 Å². The number of carbonyl (C=O) groups is 1. The molecule has 4 nitrogen and oxygen atoms in total. The number of nitro benzene ring substituents is 1. The first-order valence-corrected chi connectivity index (χ1v) is 7.02. The van der Waals surface area contributed by atoms with E-state index in [-0.39, 0.29) is 11.6 Å². The molecule has 0 radical (unpaired) electrons. The standard InChI is InChI=1S/C17H13NO3/c19-10-17-8-7-12(13-3-1-2-4-15(13)17)14-6-5-11(18(20)21)9-16(14)17/h1-6,9-10,12H,7-8H2. The van der Waals surface area contributed by atoms with E-state index in [9.17, 15) is 14.9 Å². The van der Waals surface area contributed by atoms with Crippen LogP contribution in [0.15, 0.2) is 42.5 Å². The summed E-state index contributed by atoms with van der Waals surface area (Å²) in [5.74, 6) is 0.249. The summed E-state index contributed by atoms with van der Waals surface area (Å²) in [7, 11) is 0. The van der Waals surface area contributed by atoms with Crippen molar-refractivity contribution in [3.8, 4) is 0 Å². The highest BCUT2D eigenvalue weighted by Gasteiger charge is 2.48. The average molecular weight is 279 g/mol. The lowest BCUT2D eigenvalue weighted by molar-refractivity contribution is -0.385. The number of aldehydes is 1. The zero-order valence-electron chi connectivity index (χ0n) is 11.3. The smallest absolute Gasteiger partial charge is 0.269 e. The summed E-state index contributed by atoms with van der Waals surface area (Å²) >= 11 is 0. The Morgan fingerprint density at radius 3 is 2.67 bits per heavy atom. The summed E-state index contributed by atoms with van der Waals surface area (Å²) in [6.45, 7) is 0. The quantitative estimate of drug-likeness (QED) is 0.481. The van der Waals surface area contributed by atoms with Gasteiger partial charge in [-0.25, -0.2) is 0 Å². The van der Waals surface area contributed by atoms with Gasteiger partial charge in [0.25, 0.3) is 5.69 Å². The lowest BCUT2D eigenvalue weighted by atomic mass is 9.56. The number of rotatable bonds is 2. The van der Waals surface area contributed by atoms with Gasteiger partial charge in [0.2, 0.25) is 0 Å². The van der Waals surface area contributed by atoms with Crippen LogP contribution in [0, 0.1) is 10.1 Å². The summed E-state index contributed by atoms with van der Waals surface area (Å²) < 4.78 is 0. The highest BCUT2D eigenvalue weighted by atomic mass is 16.6. The monoisotopic (exact) mass is 279 g/mol. The van der Waals surface area contributed by atoms with E-state index in [1.54, 1.807) is 12.1 Å². The van der Waals surface area contributed by atoms with Crippen LogP contribution in [0.1, 0.15) is 41.0 Å². The molecule has 21 heavy (non-hydrogen) atoms. The number of nitrogens with zero attached hydrogens (tertiary/aromatic N) is 1. The van der Waals surface area contributed by atoms with Crippen LogP contribution in [0.5, 0.6) is 0 Å². The fourth-order valence-electron chi connectivity index (χ4n) is 4.01. The minimum absolute atomic E-state index is 0.0556. The Bertz CT molecular complexity index is 783. The van der Waals surface area contributed by atoms with E-state index in [1.165, 1.54) is 5.56 Å². The molecule has 3 aliphatic rings. The second-order valence-electron chi connectivity index (χ2n) is 5.80. The van der Waals surface area contributed by atoms with E-state index < -0.39 is 10.3 Å². The van der Waals surface area contributed by atoms with Gasteiger partial charge in [0.1, 0.15) is 6.29 Å². The second-order valence-corrected chi connectivity index (χ2v) is 5.80. The van der Waals surface area contributed by atoms with Crippen LogP contribution < -0.4 is 0 Å². The number of fused-ring (bicyclic) bond motifs is 1. The zero-order valence-corrected chi connectivity index (χ0v) is 11.3. The summed E-state index contributed by atoms with van der Waals surface area (Å²) in [6, 6.07) is 12.9. The summed E-state index contributed by atoms with van der Waals surface area (Å²) in [5, 5.41) is 11.0. The SMILES string of the molecule is O=CC12CCC(c3ccccc31)c1ccc([N+](=O)[O-])cc12. The van der Waals surface area contributed by atoms with Gasteiger partial charge in [0, 0.05) is 18.1 Å². The number of hydrogen-bond donors (Lipinski definition) is 0. The lowest BCUT2D eigenvalue weighted by Crippen LogP contribution is -2.41. The predicted octanol–water partition coefficient (Wildman–Crippen LogP) is 3.32. The molecule has 0 saturated carbocycles. The van der Waals surface area contributed by atoms with Crippen molar-refractivity contribution in [2.75, 3.05) is 0 Å². The molecular formula is C17H13NO3. The van der Waals surface area contributed by atoms with Gasteiger partial charge in [-0.3, -0.25) is 10.1 Å². The molecule has 0 saturated heterocycles. The van der Waals surface area contributed by atoms with Crippen molar-refractivity contribution < 1.29 is 9.72 Å². The van der Waals surface area contributed by atoms with Crippen molar-refractivity contribution in [1.82, 2.24) is 0 Å². The normalized spacial score (nSPS) is 25.0. The van der Waals surface area contributed by atoms with Gasteiger partial charge in [-0.1, -0.05) is 30.3 Å². The number of hydrogen-bond acceptors (Lipinski definition) is 3. The molecule has 0 aliphatic heterocycles. The van der Waals surface area contributed by atoms with Gasteiger partial charge < -0.3 is 4.79 Å². The fourth-order valence-corrected chi connectivity index (χ4v) is 4.01. The maximum absolute atomic E-state index is 12.0. The van der Waals surface area contributed by atoms with Gasteiger partial charge in [-0.05, 0) is 35.1 Å². The largest absolute Gasteiger partial charge is 0.302 e. The van der Waals surface area contributed by atoms with E-state index in [0.29, 0.717) is 0 Å². The molecule has 0 heterocycles. The molecule has 2 aromatic rings. The van der Waals surface area contributed by atoms with Crippen LogP contribution in [0.25, 0.3) is 0 Å². The Hall–Kier alpha value is -2.49. The first-order valence-electron chi connectivity index (χ1n) is 7.02. The number of non-ortho nitro benzene ring substituents is 1. The zero-order chi connectivity index (χ0) is 14.6. The van der Waals surface area contributed by atoms with Gasteiger partial charge in [-0.15, -0.1) is 0 Å². The Morgan fingerprint density at radius 2 is 1.90 bits per heavy atom. The molecular weight excluding hydrogens is 266 g/mol. The topological polar surface area (TPSA) is 60.2 Å². The minimum atomic E-state index is -0.716. The number of benzene rings is 2. The van der Waals surface area contributed by atoms with Crippen LogP contribution in [0.2, 0.25) is 0 Å². The Labute approximate surface area is 121 Å². The molecule has 104 valence electrons. The van der Waals surface area contributed by atoms with Crippen LogP contribution in [0.3, 0.4) is 0 Å². The molecule has 4 heteroatoms. The maximum Gasteiger partial charge on any atom is 0.269 e. The number of nitro groups is 1. The fraction of sp³-hybridized carbons (Fsp3) is 0.235. The van der Waals surface area contributed by atoms with E-state index in [4.69, 9.17) is 0 Å². The molecule has 0 aromatic heterocycles. The summed E-state index contributed by atoms with van der Waals surface area (Å²) in [4.78, 5) is 22.6. The summed E-state index contributed by atoms with van der Waals surface area (Å²) in [6.07, 6.45) is 2.62. The molecule has 2 atom stereocenters. The van der Waals surface area contributed by atoms with E-state index in [2.05, 4.69) is 6.07 Å². The van der Waals surface area contributed by atoms with Gasteiger partial charge in [0.05, 0.1) is 10.3 Å². The lowest BCUT2D eigenvalue weighted by Gasteiger charge is -2.46. The molecule has 5 rings (SSSR count). The number of carbonyl (C=O) groups excluding carboxylic acids is 1. The minimum Gasteiger partial charge on any atom is -0.302 e. The van der Waals surface area contributed by atoms with Crippen molar-refractivity contribution in [3.63, 3.8) is 0 Å². The Balaban J connectivity index is 2.05. The van der Waals surface area contributed by atoms with Crippen molar-refractivity contribution in [1.29, 1.82) is 0 Å². The highest BCUT2D eigenvalue weighted by Crippen LogP contribution is 2.55. The molecule has 3 aliphatic carbocycles.